The largest absolute Gasteiger partial charge is 0.485 e. The molecule has 0 N–H and O–H groups in total. The van der Waals surface area contributed by atoms with E-state index < -0.39 is 44.9 Å². The highest BCUT2D eigenvalue weighted by Gasteiger charge is 2.43. The molecule has 0 aliphatic carbocycles. The van der Waals surface area contributed by atoms with Crippen molar-refractivity contribution in [3.05, 3.63) is 29.6 Å². The summed E-state index contributed by atoms with van der Waals surface area (Å²) in [6.07, 6.45) is -7.30. The van der Waals surface area contributed by atoms with E-state index in [1.807, 2.05) is 0 Å². The normalized spacial score (nSPS) is 13.6. The third-order valence-electron chi connectivity index (χ3n) is 1.12. The second kappa shape index (κ2) is 4.76. The summed E-state index contributed by atoms with van der Waals surface area (Å²) in [5.41, 5.74) is -5.93. The number of sulfone groups is 1. The molecule has 10 heteroatoms. The zero-order valence-electron chi connectivity index (χ0n) is 7.03. The molecule has 0 aromatic rings. The maximum Gasteiger partial charge on any atom is 0.485 e. The minimum absolute atomic E-state index is 0.804. The molecule has 0 heterocycles. The lowest BCUT2D eigenvalue weighted by molar-refractivity contribution is -0.0425. The molecule has 2 nitrogen and oxygen atoms in total. The van der Waals surface area contributed by atoms with Crippen molar-refractivity contribution in [3.8, 4) is 0 Å². The van der Waals surface area contributed by atoms with Crippen LogP contribution in [0.1, 0.15) is 0 Å². The highest BCUT2D eigenvalue weighted by molar-refractivity contribution is 7.96. The molecule has 0 bridgehead atoms. The summed E-state index contributed by atoms with van der Waals surface area (Å²) < 4.78 is 103. The van der Waals surface area contributed by atoms with Crippen molar-refractivity contribution in [1.82, 2.24) is 0 Å². The van der Waals surface area contributed by atoms with Gasteiger partial charge in [0, 0.05) is 0 Å². The molecule has 0 aliphatic rings. The molecule has 0 fully saturated rings. The van der Waals surface area contributed by atoms with Gasteiger partial charge in [0.1, 0.15) is 6.43 Å². The molecule has 0 atom stereocenters. The summed E-state index contributed by atoms with van der Waals surface area (Å²) in [5, 5.41) is 0. The van der Waals surface area contributed by atoms with Gasteiger partial charge in [-0.1, -0.05) is 11.0 Å². The summed E-state index contributed by atoms with van der Waals surface area (Å²) in [6, 6.07) is 0. The Morgan fingerprint density at radius 2 is 1.56 bits per heavy atom. The third kappa shape index (κ3) is 3.76. The quantitative estimate of drug-likeness (QED) is 0.449. The number of hydrogen-bond acceptors (Lipinski definition) is 2. The van der Waals surface area contributed by atoms with Crippen LogP contribution in [0.3, 0.4) is 0 Å². The van der Waals surface area contributed by atoms with Crippen LogP contribution in [-0.2, 0) is 9.84 Å². The summed E-state index contributed by atoms with van der Waals surface area (Å²) in [7, 11) is -6.22. The van der Waals surface area contributed by atoms with E-state index in [1.54, 1.807) is 0 Å². The minimum atomic E-state index is -6.22. The lowest BCUT2D eigenvalue weighted by atomic mass is 10.5. The summed E-state index contributed by atoms with van der Waals surface area (Å²) >= 11 is 0. The molecule has 0 spiro atoms. The zero-order valence-corrected chi connectivity index (χ0v) is 7.84. The van der Waals surface area contributed by atoms with E-state index in [0.717, 1.165) is 0 Å². The van der Waals surface area contributed by atoms with Crippen LogP contribution in [0.4, 0.5) is 30.7 Å². The summed E-state index contributed by atoms with van der Waals surface area (Å²) in [4.78, 5) is -2.22. The molecule has 0 amide bonds. The van der Waals surface area contributed by atoms with E-state index in [2.05, 4.69) is 0 Å². The minimum Gasteiger partial charge on any atom is -0.289 e. The first-order chi connectivity index (χ1) is 6.98. The van der Waals surface area contributed by atoms with Crippen LogP contribution in [0.25, 0.3) is 0 Å². The Bertz CT molecular complexity index is 399. The Morgan fingerprint density at radius 3 is 1.81 bits per heavy atom. The van der Waals surface area contributed by atoms with Crippen LogP contribution in [-0.4, -0.2) is 13.9 Å². The van der Waals surface area contributed by atoms with E-state index in [9.17, 15) is 39.2 Å². The molecule has 0 rings (SSSR count). The monoisotopic (exact) mass is 271 g/mol. The fourth-order valence-electron chi connectivity index (χ4n) is 0.546. The average Bonchev–Trinajstić information content (AvgIpc) is 1.98. The van der Waals surface area contributed by atoms with Crippen molar-refractivity contribution in [1.29, 1.82) is 0 Å². The van der Waals surface area contributed by atoms with Crippen molar-refractivity contribution in [2.45, 2.75) is 5.51 Å². The van der Waals surface area contributed by atoms with Crippen LogP contribution >= 0.6 is 0 Å². The second-order valence-corrected chi connectivity index (χ2v) is 4.16. The molecule has 0 saturated heterocycles. The Balaban J connectivity index is 5.67. The average molecular weight is 271 g/mol. The topological polar surface area (TPSA) is 34.1 Å². The second-order valence-electron chi connectivity index (χ2n) is 2.22. The van der Waals surface area contributed by atoms with Crippen molar-refractivity contribution in [2.75, 3.05) is 0 Å². The smallest absolute Gasteiger partial charge is 0.289 e. The number of allylic oxidation sites excluding steroid dienone is 2. The molecule has 0 aromatic heterocycles. The van der Waals surface area contributed by atoms with E-state index in [4.69, 9.17) is 0 Å². The molecular formula is C6H2F7O2S-. The molecule has 0 aromatic carbocycles. The van der Waals surface area contributed by atoms with Crippen molar-refractivity contribution >= 4 is 9.84 Å². The van der Waals surface area contributed by atoms with Gasteiger partial charge in [-0.15, -0.1) is 6.08 Å². The third-order valence-corrected chi connectivity index (χ3v) is 2.58. The Labute approximate surface area is 85.0 Å². The Kier molecular flexibility index (Phi) is 4.41. The van der Waals surface area contributed by atoms with Gasteiger partial charge in [0.05, 0.1) is 0 Å². The maximum atomic E-state index is 11.8. The molecule has 0 radical (unpaired) electrons. The van der Waals surface area contributed by atoms with Gasteiger partial charge in [0.2, 0.25) is 9.84 Å². The van der Waals surface area contributed by atoms with Crippen LogP contribution in [0.2, 0.25) is 0 Å². The van der Waals surface area contributed by atoms with E-state index in [0.29, 0.717) is 0 Å². The highest BCUT2D eigenvalue weighted by Crippen LogP contribution is 2.32. The first kappa shape index (κ1) is 14.8. The fraction of sp³-hybridized carbons (Fsp3) is 0.167. The van der Waals surface area contributed by atoms with Gasteiger partial charge >= 0.3 is 5.51 Å². The van der Waals surface area contributed by atoms with E-state index in [1.165, 1.54) is 0 Å². The maximum absolute atomic E-state index is 11.8. The number of alkyl halides is 3. The molecule has 0 unspecified atom stereocenters. The van der Waals surface area contributed by atoms with Crippen LogP contribution in [0.5, 0.6) is 0 Å². The predicted octanol–water partition coefficient (Wildman–Crippen LogP) is 3.01. The van der Waals surface area contributed by atoms with Crippen molar-refractivity contribution in [3.63, 3.8) is 0 Å². The van der Waals surface area contributed by atoms with E-state index >= 15 is 0 Å². The number of rotatable bonds is 3. The van der Waals surface area contributed by atoms with Crippen LogP contribution < -0.4 is 0 Å². The van der Waals surface area contributed by atoms with Gasteiger partial charge < -0.3 is 0 Å². The first-order valence-corrected chi connectivity index (χ1v) is 4.70. The Hall–Kier alpha value is -1.19. The van der Waals surface area contributed by atoms with Crippen LogP contribution in [0.15, 0.2) is 23.1 Å². The fourth-order valence-corrected chi connectivity index (χ4v) is 1.30. The highest BCUT2D eigenvalue weighted by atomic mass is 32.2. The van der Waals surface area contributed by atoms with Gasteiger partial charge in [-0.05, 0) is 0 Å². The molecule has 0 saturated carbocycles. The van der Waals surface area contributed by atoms with E-state index in [-0.39, 0.29) is 0 Å². The lowest BCUT2D eigenvalue weighted by Gasteiger charge is -2.14. The van der Waals surface area contributed by atoms with Crippen molar-refractivity contribution in [2.24, 2.45) is 0 Å². The van der Waals surface area contributed by atoms with Crippen molar-refractivity contribution < 1.29 is 39.2 Å². The first-order valence-electron chi connectivity index (χ1n) is 3.22. The van der Waals surface area contributed by atoms with Crippen LogP contribution in [0, 0.1) is 6.43 Å². The molecule has 94 valence electrons. The zero-order chi connectivity index (χ0) is 13.1. The molecular weight excluding hydrogens is 269 g/mol. The molecule has 0 aliphatic heterocycles. The van der Waals surface area contributed by atoms with Gasteiger partial charge in [-0.2, -0.15) is 22.0 Å². The summed E-state index contributed by atoms with van der Waals surface area (Å²) in [5.74, 6) is 0. The number of hydrogen-bond donors (Lipinski definition) is 0. The van der Waals surface area contributed by atoms with Gasteiger partial charge in [0.15, 0.2) is 0 Å². The SMILES string of the molecule is O=S(=O)(/C(C=C(F)F)=C/[C-](F)F)C(F)(F)F. The standard InChI is InChI=1S/C6H2F7O2S/c7-4(8)1-3(2-5(9)10)16(14,15)6(11,12)13/h1-2H/q-1/b3-1+. The Morgan fingerprint density at radius 1 is 1.12 bits per heavy atom. The lowest BCUT2D eigenvalue weighted by Crippen LogP contribution is -2.24. The molecule has 16 heavy (non-hydrogen) atoms. The number of halogens is 7. The summed E-state index contributed by atoms with van der Waals surface area (Å²) in [6.45, 7) is 0. The predicted molar refractivity (Wildman–Crippen MR) is 38.8 cm³/mol. The van der Waals surface area contributed by atoms with Gasteiger partial charge in [0.25, 0.3) is 6.08 Å². The van der Waals surface area contributed by atoms with Gasteiger partial charge in [-0.3, -0.25) is 8.78 Å². The van der Waals surface area contributed by atoms with Gasteiger partial charge in [-0.25, -0.2) is 8.42 Å².